The molecule has 0 aliphatic carbocycles. The molecule has 1 fully saturated rings. The summed E-state index contributed by atoms with van der Waals surface area (Å²) in [6.45, 7) is 3.73. The minimum Gasteiger partial charge on any atom is -0.493 e. The summed E-state index contributed by atoms with van der Waals surface area (Å²) in [6, 6.07) is 13.4. The first-order chi connectivity index (χ1) is 13.6. The summed E-state index contributed by atoms with van der Waals surface area (Å²) in [6.07, 6.45) is 0. The molecule has 0 spiro atoms. The number of rotatable bonds is 6. The van der Waals surface area contributed by atoms with Crippen molar-refractivity contribution in [2.45, 2.75) is 6.54 Å². The summed E-state index contributed by atoms with van der Waals surface area (Å²) in [5.41, 5.74) is 1.89. The number of carbonyl (C=O) groups excluding carboxylic acids is 1. The average molecular weight is 385 g/mol. The quantitative estimate of drug-likeness (QED) is 0.828. The summed E-state index contributed by atoms with van der Waals surface area (Å²) in [4.78, 5) is 16.6. The molecule has 0 radical (unpaired) electrons. The van der Waals surface area contributed by atoms with Gasteiger partial charge in [-0.1, -0.05) is 18.2 Å². The molecule has 150 valence electrons. The van der Waals surface area contributed by atoms with E-state index < -0.39 is 0 Å². The lowest BCUT2D eigenvalue weighted by Gasteiger charge is -2.34. The number of hydrogen-bond donors (Lipinski definition) is 1. The van der Waals surface area contributed by atoms with Gasteiger partial charge in [0.2, 0.25) is 5.75 Å². The minimum absolute atomic E-state index is 0.0568. The van der Waals surface area contributed by atoms with E-state index in [0.717, 1.165) is 30.9 Å². The van der Waals surface area contributed by atoms with Crippen LogP contribution in [0.25, 0.3) is 0 Å². The Balaban J connectivity index is 1.57. The monoisotopic (exact) mass is 385 g/mol. The van der Waals surface area contributed by atoms with Gasteiger partial charge in [-0.3, -0.25) is 4.90 Å². The summed E-state index contributed by atoms with van der Waals surface area (Å²) < 4.78 is 16.2. The molecule has 1 aliphatic heterocycles. The van der Waals surface area contributed by atoms with Crippen LogP contribution in [0.1, 0.15) is 5.56 Å². The molecule has 1 aliphatic rings. The molecule has 1 N–H and O–H groups in total. The van der Waals surface area contributed by atoms with Crippen molar-refractivity contribution >= 4 is 11.7 Å². The molecule has 0 aromatic heterocycles. The highest BCUT2D eigenvalue weighted by Gasteiger charge is 2.22. The van der Waals surface area contributed by atoms with E-state index in [1.165, 1.54) is 0 Å². The van der Waals surface area contributed by atoms with Crippen molar-refractivity contribution < 1.29 is 19.0 Å². The first kappa shape index (κ1) is 19.8. The van der Waals surface area contributed by atoms with E-state index in [2.05, 4.69) is 10.2 Å². The van der Waals surface area contributed by atoms with Gasteiger partial charge in [0.15, 0.2) is 11.5 Å². The van der Waals surface area contributed by atoms with Crippen LogP contribution in [-0.2, 0) is 6.54 Å². The van der Waals surface area contributed by atoms with Gasteiger partial charge in [-0.2, -0.15) is 0 Å². The van der Waals surface area contributed by atoms with Crippen molar-refractivity contribution in [3.05, 3.63) is 48.0 Å². The SMILES string of the molecule is COc1cc(CN2CCN(C(=O)Nc3ccccc3)CC2)cc(OC)c1OC. The Morgan fingerprint density at radius 1 is 0.929 bits per heavy atom. The Hall–Kier alpha value is -2.93. The molecular weight excluding hydrogens is 358 g/mol. The van der Waals surface area contributed by atoms with Gasteiger partial charge in [0.25, 0.3) is 0 Å². The van der Waals surface area contributed by atoms with E-state index >= 15 is 0 Å². The van der Waals surface area contributed by atoms with Gasteiger partial charge in [0.1, 0.15) is 0 Å². The van der Waals surface area contributed by atoms with Crippen LogP contribution in [0.2, 0.25) is 0 Å². The van der Waals surface area contributed by atoms with Crippen molar-refractivity contribution in [3.8, 4) is 17.2 Å². The Kier molecular flexibility index (Phi) is 6.60. The molecule has 1 saturated heterocycles. The average Bonchev–Trinajstić information content (AvgIpc) is 2.74. The number of anilines is 1. The van der Waals surface area contributed by atoms with Gasteiger partial charge >= 0.3 is 6.03 Å². The lowest BCUT2D eigenvalue weighted by atomic mass is 10.1. The zero-order valence-electron chi connectivity index (χ0n) is 16.6. The Morgan fingerprint density at radius 3 is 2.07 bits per heavy atom. The van der Waals surface area contributed by atoms with Crippen LogP contribution >= 0.6 is 0 Å². The molecule has 2 amide bonds. The third-order valence-corrected chi connectivity index (χ3v) is 4.82. The molecule has 2 aromatic rings. The second kappa shape index (κ2) is 9.32. The molecule has 7 nitrogen and oxygen atoms in total. The zero-order chi connectivity index (χ0) is 19.9. The number of urea groups is 1. The van der Waals surface area contributed by atoms with Crippen LogP contribution in [0, 0.1) is 0 Å². The predicted molar refractivity (Wildman–Crippen MR) is 108 cm³/mol. The van der Waals surface area contributed by atoms with E-state index in [4.69, 9.17) is 14.2 Å². The molecule has 0 saturated carbocycles. The predicted octanol–water partition coefficient (Wildman–Crippen LogP) is 3.06. The summed E-state index contributed by atoms with van der Waals surface area (Å²) in [7, 11) is 4.83. The zero-order valence-corrected chi connectivity index (χ0v) is 16.6. The maximum atomic E-state index is 12.4. The Labute approximate surface area is 165 Å². The lowest BCUT2D eigenvalue weighted by molar-refractivity contribution is 0.143. The summed E-state index contributed by atoms with van der Waals surface area (Å²) in [5, 5.41) is 2.94. The van der Waals surface area contributed by atoms with Gasteiger partial charge in [-0.25, -0.2) is 4.79 Å². The van der Waals surface area contributed by atoms with Gasteiger partial charge in [-0.05, 0) is 29.8 Å². The highest BCUT2D eigenvalue weighted by molar-refractivity contribution is 5.89. The molecule has 0 bridgehead atoms. The number of amides is 2. The number of benzene rings is 2. The van der Waals surface area contributed by atoms with Crippen LogP contribution in [-0.4, -0.2) is 63.3 Å². The van der Waals surface area contributed by atoms with Gasteiger partial charge in [0.05, 0.1) is 21.3 Å². The number of carbonyl (C=O) groups is 1. The molecule has 0 atom stereocenters. The van der Waals surface area contributed by atoms with Crippen molar-refractivity contribution in [2.24, 2.45) is 0 Å². The first-order valence-corrected chi connectivity index (χ1v) is 9.26. The minimum atomic E-state index is -0.0568. The fourth-order valence-electron chi connectivity index (χ4n) is 3.32. The first-order valence-electron chi connectivity index (χ1n) is 9.26. The van der Waals surface area contributed by atoms with E-state index in [9.17, 15) is 4.79 Å². The Bertz CT molecular complexity index is 764. The standard InChI is InChI=1S/C21H27N3O4/c1-26-18-13-16(14-19(27-2)20(18)28-3)15-23-9-11-24(12-10-23)21(25)22-17-7-5-4-6-8-17/h4-8,13-14H,9-12,15H2,1-3H3,(H,22,25). The maximum Gasteiger partial charge on any atom is 0.321 e. The van der Waals surface area contributed by atoms with Gasteiger partial charge < -0.3 is 24.4 Å². The number of ether oxygens (including phenoxy) is 3. The molecule has 3 rings (SSSR count). The van der Waals surface area contributed by atoms with Crippen LogP contribution in [0.15, 0.2) is 42.5 Å². The highest BCUT2D eigenvalue weighted by atomic mass is 16.5. The normalized spacial score (nSPS) is 14.5. The molecule has 1 heterocycles. The molecule has 0 unspecified atom stereocenters. The van der Waals surface area contributed by atoms with Gasteiger partial charge in [0, 0.05) is 38.4 Å². The van der Waals surface area contributed by atoms with Crippen molar-refractivity contribution in [1.82, 2.24) is 9.80 Å². The molecule has 7 heteroatoms. The van der Waals surface area contributed by atoms with Gasteiger partial charge in [-0.15, -0.1) is 0 Å². The number of nitrogens with one attached hydrogen (secondary N) is 1. The van der Waals surface area contributed by atoms with Crippen molar-refractivity contribution in [3.63, 3.8) is 0 Å². The maximum absolute atomic E-state index is 12.4. The molecule has 2 aromatic carbocycles. The fourth-order valence-corrected chi connectivity index (χ4v) is 3.32. The smallest absolute Gasteiger partial charge is 0.321 e. The molecule has 28 heavy (non-hydrogen) atoms. The third kappa shape index (κ3) is 4.67. The van der Waals surface area contributed by atoms with E-state index in [1.54, 1.807) is 21.3 Å². The second-order valence-electron chi connectivity index (χ2n) is 6.59. The number of piperazine rings is 1. The topological polar surface area (TPSA) is 63.3 Å². The van der Waals surface area contributed by atoms with Crippen LogP contribution < -0.4 is 19.5 Å². The van der Waals surface area contributed by atoms with Crippen LogP contribution in [0.4, 0.5) is 10.5 Å². The number of hydrogen-bond acceptors (Lipinski definition) is 5. The molecular formula is C21H27N3O4. The summed E-state index contributed by atoms with van der Waals surface area (Å²) >= 11 is 0. The van der Waals surface area contributed by atoms with E-state index in [0.29, 0.717) is 30.3 Å². The van der Waals surface area contributed by atoms with Crippen LogP contribution in [0.5, 0.6) is 17.2 Å². The van der Waals surface area contributed by atoms with Crippen molar-refractivity contribution in [1.29, 1.82) is 0 Å². The lowest BCUT2D eigenvalue weighted by Crippen LogP contribution is -2.49. The highest BCUT2D eigenvalue weighted by Crippen LogP contribution is 2.38. The number of nitrogens with zero attached hydrogens (tertiary/aromatic N) is 2. The fraction of sp³-hybridized carbons (Fsp3) is 0.381. The van der Waals surface area contributed by atoms with E-state index in [-0.39, 0.29) is 6.03 Å². The third-order valence-electron chi connectivity index (χ3n) is 4.82. The summed E-state index contributed by atoms with van der Waals surface area (Å²) in [5.74, 6) is 1.90. The number of methoxy groups -OCH3 is 3. The van der Waals surface area contributed by atoms with Crippen LogP contribution in [0.3, 0.4) is 0 Å². The van der Waals surface area contributed by atoms with Crippen molar-refractivity contribution in [2.75, 3.05) is 52.8 Å². The second-order valence-corrected chi connectivity index (χ2v) is 6.59. The van der Waals surface area contributed by atoms with E-state index in [1.807, 2.05) is 47.4 Å². The largest absolute Gasteiger partial charge is 0.493 e. The Morgan fingerprint density at radius 2 is 1.54 bits per heavy atom. The number of para-hydroxylation sites is 1.